The van der Waals surface area contributed by atoms with Gasteiger partial charge in [0.25, 0.3) is 0 Å². The highest BCUT2D eigenvalue weighted by Crippen LogP contribution is 2.38. The lowest BCUT2D eigenvalue weighted by molar-refractivity contribution is 0.670. The van der Waals surface area contributed by atoms with Gasteiger partial charge in [-0.05, 0) is 64.5 Å². The van der Waals surface area contributed by atoms with Crippen molar-refractivity contribution in [3.63, 3.8) is 0 Å². The van der Waals surface area contributed by atoms with Crippen LogP contribution in [0.25, 0.3) is 44.3 Å². The van der Waals surface area contributed by atoms with Crippen LogP contribution in [0.1, 0.15) is 19.4 Å². The molecule has 0 amide bonds. The quantitative estimate of drug-likeness (QED) is 0.313. The Kier molecular flexibility index (Phi) is 2.47. The predicted molar refractivity (Wildman–Crippen MR) is 129 cm³/mol. The standard InChI is InChI=1S/C27H23NOSi/c1-16-12-23(28-15-17(16)2)20-10-7-9-19-21-14-26-22(13-24(21)29-27(19)20)18-8-5-6-11-25(18)30(26,3)4/h5-15H,1-4H3/i1D3,2D3. The van der Waals surface area contributed by atoms with Gasteiger partial charge in [0.2, 0.25) is 0 Å². The van der Waals surface area contributed by atoms with Crippen LogP contribution in [0.4, 0.5) is 0 Å². The summed E-state index contributed by atoms with van der Waals surface area (Å²) in [5, 5.41) is 4.72. The van der Waals surface area contributed by atoms with Crippen molar-refractivity contribution in [2.45, 2.75) is 26.8 Å². The van der Waals surface area contributed by atoms with Crippen LogP contribution in [-0.2, 0) is 0 Å². The van der Waals surface area contributed by atoms with Crippen LogP contribution in [0.2, 0.25) is 13.1 Å². The summed E-state index contributed by atoms with van der Waals surface area (Å²) in [4.78, 5) is 4.36. The molecule has 0 fully saturated rings. The molecule has 0 atom stereocenters. The van der Waals surface area contributed by atoms with Crippen molar-refractivity contribution in [2.75, 3.05) is 0 Å². The minimum atomic E-state index is -2.59. The molecule has 3 heterocycles. The normalized spacial score (nSPS) is 18.1. The summed E-state index contributed by atoms with van der Waals surface area (Å²) in [5.41, 5.74) is 4.35. The largest absolute Gasteiger partial charge is 0.455 e. The lowest BCUT2D eigenvalue weighted by atomic mass is 10.0. The summed E-state index contributed by atoms with van der Waals surface area (Å²) in [5.74, 6) is 0. The fourth-order valence-corrected chi connectivity index (χ4v) is 7.88. The van der Waals surface area contributed by atoms with Gasteiger partial charge in [-0.15, -0.1) is 0 Å². The Labute approximate surface area is 185 Å². The first-order chi connectivity index (χ1) is 16.9. The maximum atomic E-state index is 7.91. The van der Waals surface area contributed by atoms with Crippen molar-refractivity contribution >= 4 is 40.4 Å². The van der Waals surface area contributed by atoms with Crippen LogP contribution in [0.5, 0.6) is 0 Å². The number of hydrogen-bond acceptors (Lipinski definition) is 2. The molecule has 3 aromatic carbocycles. The second-order valence-corrected chi connectivity index (χ2v) is 12.8. The highest BCUT2D eigenvalue weighted by molar-refractivity contribution is 7.04. The number of aryl methyl sites for hydroxylation is 2. The number of hydrogen-bond donors (Lipinski definition) is 0. The van der Waals surface area contributed by atoms with Gasteiger partial charge in [-0.25, -0.2) is 0 Å². The molecule has 6 rings (SSSR count). The van der Waals surface area contributed by atoms with Crippen molar-refractivity contribution < 1.29 is 12.6 Å². The summed E-state index contributed by atoms with van der Waals surface area (Å²) >= 11 is 0. The summed E-state index contributed by atoms with van der Waals surface area (Å²) in [6.45, 7) is -0.435. The molecule has 0 radical (unpaired) electrons. The zero-order chi connectivity index (χ0) is 25.6. The number of aromatic nitrogens is 1. The minimum Gasteiger partial charge on any atom is -0.455 e. The third-order valence-electron chi connectivity index (χ3n) is 6.38. The summed E-state index contributed by atoms with van der Waals surface area (Å²) in [7, 11) is -1.86. The van der Waals surface area contributed by atoms with E-state index in [1.165, 1.54) is 27.6 Å². The number of fused-ring (bicyclic) bond motifs is 6. The zero-order valence-electron chi connectivity index (χ0n) is 22.7. The van der Waals surface area contributed by atoms with Crippen molar-refractivity contribution in [1.29, 1.82) is 0 Å². The van der Waals surface area contributed by atoms with Gasteiger partial charge in [0.05, 0.1) is 5.69 Å². The van der Waals surface area contributed by atoms with Gasteiger partial charge in [-0.3, -0.25) is 4.98 Å². The van der Waals surface area contributed by atoms with Crippen molar-refractivity contribution in [3.05, 3.63) is 78.0 Å². The molecule has 2 aromatic heterocycles. The molecule has 0 saturated carbocycles. The molecule has 2 nitrogen and oxygen atoms in total. The maximum absolute atomic E-state index is 7.91. The van der Waals surface area contributed by atoms with E-state index < -0.39 is 21.8 Å². The Bertz CT molecular complexity index is 1700. The highest BCUT2D eigenvalue weighted by atomic mass is 28.3. The first-order valence-electron chi connectivity index (χ1n) is 13.0. The van der Waals surface area contributed by atoms with Crippen LogP contribution in [0.3, 0.4) is 0 Å². The van der Waals surface area contributed by atoms with Gasteiger partial charge in [0.1, 0.15) is 19.2 Å². The SMILES string of the molecule is [2H]C([2H])([2H])c1cnc(-c2cccc3c2oc2cc4c(cc23)[Si](C)(C)c2ccccc2-4)cc1C([2H])([2H])[2H]. The molecular formula is C27H23NOSi. The number of pyridine rings is 1. The van der Waals surface area contributed by atoms with Gasteiger partial charge in [0.15, 0.2) is 0 Å². The number of furan rings is 1. The monoisotopic (exact) mass is 411 g/mol. The Morgan fingerprint density at radius 3 is 2.50 bits per heavy atom. The van der Waals surface area contributed by atoms with Crippen LogP contribution >= 0.6 is 0 Å². The van der Waals surface area contributed by atoms with E-state index in [-0.39, 0.29) is 11.1 Å². The smallest absolute Gasteiger partial charge is 0.144 e. The van der Waals surface area contributed by atoms with Crippen LogP contribution in [0.15, 0.2) is 71.3 Å². The molecular weight excluding hydrogens is 382 g/mol. The predicted octanol–water partition coefficient (Wildman–Crippen LogP) is 6.07. The van der Waals surface area contributed by atoms with Gasteiger partial charge < -0.3 is 4.42 Å². The lowest BCUT2D eigenvalue weighted by Gasteiger charge is -2.18. The van der Waals surface area contributed by atoms with Gasteiger partial charge >= 0.3 is 0 Å². The van der Waals surface area contributed by atoms with E-state index in [0.29, 0.717) is 16.8 Å². The third kappa shape index (κ3) is 2.27. The first kappa shape index (κ1) is 12.5. The van der Waals surface area contributed by atoms with Gasteiger partial charge in [0, 0.05) is 30.8 Å². The van der Waals surface area contributed by atoms with Crippen molar-refractivity contribution in [3.8, 4) is 22.4 Å². The zero-order valence-corrected chi connectivity index (χ0v) is 17.7. The highest BCUT2D eigenvalue weighted by Gasteiger charge is 2.37. The Morgan fingerprint density at radius 1 is 0.800 bits per heavy atom. The first-order valence-corrected chi connectivity index (χ1v) is 13.0. The number of benzene rings is 3. The molecule has 3 heteroatoms. The third-order valence-corrected chi connectivity index (χ3v) is 9.92. The molecule has 146 valence electrons. The molecule has 0 saturated heterocycles. The van der Waals surface area contributed by atoms with Crippen molar-refractivity contribution in [1.82, 2.24) is 4.98 Å². The number of para-hydroxylation sites is 1. The summed E-state index contributed by atoms with van der Waals surface area (Å²) < 4.78 is 53.4. The fraction of sp³-hybridized carbons (Fsp3) is 0.148. The molecule has 0 bridgehead atoms. The van der Waals surface area contributed by atoms with E-state index in [4.69, 9.17) is 12.6 Å². The van der Waals surface area contributed by atoms with Crippen LogP contribution in [-0.4, -0.2) is 13.1 Å². The fourth-order valence-electron chi connectivity index (χ4n) is 4.80. The van der Waals surface area contributed by atoms with Crippen molar-refractivity contribution in [2.24, 2.45) is 0 Å². The van der Waals surface area contributed by atoms with E-state index in [1.54, 1.807) is 0 Å². The summed E-state index contributed by atoms with van der Waals surface area (Å²) in [6, 6.07) is 20.0. The average Bonchev–Trinajstić information content (AvgIpc) is 3.29. The van der Waals surface area contributed by atoms with Gasteiger partial charge in [-0.2, -0.15) is 0 Å². The lowest BCUT2D eigenvalue weighted by Crippen LogP contribution is -2.49. The maximum Gasteiger partial charge on any atom is 0.144 e. The number of rotatable bonds is 1. The van der Waals surface area contributed by atoms with E-state index in [0.717, 1.165) is 22.6 Å². The molecule has 0 unspecified atom stereocenters. The van der Waals surface area contributed by atoms with Gasteiger partial charge in [-0.1, -0.05) is 55.6 Å². The van der Waals surface area contributed by atoms with E-state index in [2.05, 4.69) is 54.5 Å². The molecule has 0 aliphatic carbocycles. The second-order valence-electron chi connectivity index (χ2n) is 8.46. The molecule has 5 aromatic rings. The number of nitrogens with zero attached hydrogens (tertiary/aromatic N) is 1. The molecule has 0 spiro atoms. The molecule has 1 aliphatic heterocycles. The second kappa shape index (κ2) is 5.93. The van der Waals surface area contributed by atoms with Crippen LogP contribution in [0, 0.1) is 13.7 Å². The topological polar surface area (TPSA) is 26.0 Å². The van der Waals surface area contributed by atoms with Crippen LogP contribution < -0.4 is 10.4 Å². The Morgan fingerprint density at radius 2 is 1.63 bits per heavy atom. The van der Waals surface area contributed by atoms with E-state index in [9.17, 15) is 0 Å². The summed E-state index contributed by atoms with van der Waals surface area (Å²) in [6.07, 6.45) is 1.16. The Balaban J connectivity index is 1.59. The Hall–Kier alpha value is -3.17. The van der Waals surface area contributed by atoms with E-state index in [1.807, 2.05) is 18.2 Å². The minimum absolute atomic E-state index is 0.219. The molecule has 1 aliphatic rings. The molecule has 30 heavy (non-hydrogen) atoms. The van der Waals surface area contributed by atoms with E-state index >= 15 is 0 Å². The average molecular weight is 412 g/mol. The molecule has 0 N–H and O–H groups in total.